The maximum atomic E-state index is 12.4. The third-order valence-corrected chi connectivity index (χ3v) is 6.25. The Hall–Kier alpha value is -2.68. The van der Waals surface area contributed by atoms with Gasteiger partial charge in [-0.05, 0) is 49.9 Å². The van der Waals surface area contributed by atoms with Crippen LogP contribution in [0.5, 0.6) is 0 Å². The number of sulfone groups is 1. The van der Waals surface area contributed by atoms with E-state index in [9.17, 15) is 18.5 Å². The van der Waals surface area contributed by atoms with Gasteiger partial charge in [-0.15, -0.1) is 0 Å². The topological polar surface area (TPSA) is 105 Å². The molecule has 0 radical (unpaired) electrons. The first-order valence-electron chi connectivity index (χ1n) is 10.5. The highest BCUT2D eigenvalue weighted by molar-refractivity contribution is 7.90. The van der Waals surface area contributed by atoms with Gasteiger partial charge in [-0.25, -0.2) is 13.4 Å². The third-order valence-electron chi connectivity index (χ3n) is 5.11. The van der Waals surface area contributed by atoms with Crippen LogP contribution in [-0.4, -0.2) is 37.7 Å². The van der Waals surface area contributed by atoms with Gasteiger partial charge in [0, 0.05) is 25.0 Å². The van der Waals surface area contributed by atoms with E-state index in [-0.39, 0.29) is 28.0 Å². The lowest BCUT2D eigenvalue weighted by molar-refractivity contribution is -0.383. The average Bonchev–Trinajstić information content (AvgIpc) is 2.67. The second kappa shape index (κ2) is 10.1. The van der Waals surface area contributed by atoms with Crippen LogP contribution in [0.25, 0.3) is 0 Å². The van der Waals surface area contributed by atoms with Crippen LogP contribution in [0, 0.1) is 17.0 Å². The van der Waals surface area contributed by atoms with Crippen LogP contribution in [0.1, 0.15) is 57.7 Å². The maximum Gasteiger partial charge on any atom is 0.334 e. The molecule has 8 nitrogen and oxygen atoms in total. The van der Waals surface area contributed by atoms with Crippen molar-refractivity contribution in [3.63, 3.8) is 0 Å². The highest BCUT2D eigenvalue weighted by atomic mass is 32.2. The summed E-state index contributed by atoms with van der Waals surface area (Å²) in [5, 5.41) is 15.0. The lowest BCUT2D eigenvalue weighted by Gasteiger charge is -2.24. The Morgan fingerprint density at radius 1 is 1.23 bits per heavy atom. The Morgan fingerprint density at radius 2 is 1.90 bits per heavy atom. The van der Waals surface area contributed by atoms with E-state index in [0.717, 1.165) is 24.7 Å². The maximum absolute atomic E-state index is 12.4. The second-order valence-electron chi connectivity index (χ2n) is 7.98. The van der Waals surface area contributed by atoms with Crippen molar-refractivity contribution in [2.24, 2.45) is 0 Å². The SMILES string of the molecule is CCCCN(CC)c1cc(C)nc(Nc2ccc(C(C)C)cc2S(C)(=O)=O)c1[N+](=O)[O-]. The molecule has 0 saturated heterocycles. The molecule has 1 aromatic heterocycles. The van der Waals surface area contributed by atoms with E-state index in [2.05, 4.69) is 17.2 Å². The number of unbranched alkanes of at least 4 members (excludes halogenated alkanes) is 1. The minimum Gasteiger partial charge on any atom is -0.366 e. The van der Waals surface area contributed by atoms with Crippen LogP contribution in [0.15, 0.2) is 29.2 Å². The Bertz CT molecular complexity index is 1050. The number of hydrogen-bond donors (Lipinski definition) is 1. The Labute approximate surface area is 184 Å². The van der Waals surface area contributed by atoms with E-state index < -0.39 is 14.8 Å². The molecule has 0 saturated carbocycles. The van der Waals surface area contributed by atoms with Gasteiger partial charge in [0.2, 0.25) is 5.82 Å². The summed E-state index contributed by atoms with van der Waals surface area (Å²) in [6.07, 6.45) is 3.01. The van der Waals surface area contributed by atoms with Crippen LogP contribution in [0.2, 0.25) is 0 Å². The smallest absolute Gasteiger partial charge is 0.334 e. The van der Waals surface area contributed by atoms with Gasteiger partial charge in [0.15, 0.2) is 9.84 Å². The monoisotopic (exact) mass is 448 g/mol. The van der Waals surface area contributed by atoms with Crippen molar-refractivity contribution < 1.29 is 13.3 Å². The fraction of sp³-hybridized carbons (Fsp3) is 0.500. The molecule has 0 aliphatic rings. The van der Waals surface area contributed by atoms with Gasteiger partial charge in [0.05, 0.1) is 15.5 Å². The molecular weight excluding hydrogens is 416 g/mol. The molecule has 0 amide bonds. The third kappa shape index (κ3) is 5.94. The zero-order chi connectivity index (χ0) is 23.3. The number of rotatable bonds is 10. The number of nitrogens with one attached hydrogen (secondary N) is 1. The molecule has 0 unspecified atom stereocenters. The molecule has 0 aliphatic heterocycles. The molecule has 9 heteroatoms. The first-order valence-corrected chi connectivity index (χ1v) is 12.4. The Morgan fingerprint density at radius 3 is 2.42 bits per heavy atom. The minimum absolute atomic E-state index is 0.0390. The highest BCUT2D eigenvalue weighted by Crippen LogP contribution is 2.38. The zero-order valence-electron chi connectivity index (χ0n) is 19.1. The lowest BCUT2D eigenvalue weighted by atomic mass is 10.0. The molecular formula is C22H32N4O4S. The van der Waals surface area contributed by atoms with E-state index in [1.807, 2.05) is 31.7 Å². The van der Waals surface area contributed by atoms with Crippen molar-refractivity contribution in [1.82, 2.24) is 4.98 Å². The van der Waals surface area contributed by atoms with Gasteiger partial charge in [0.25, 0.3) is 0 Å². The van der Waals surface area contributed by atoms with E-state index in [4.69, 9.17) is 0 Å². The van der Waals surface area contributed by atoms with Gasteiger partial charge in [-0.3, -0.25) is 10.1 Å². The van der Waals surface area contributed by atoms with Crippen LogP contribution >= 0.6 is 0 Å². The van der Waals surface area contributed by atoms with Crippen molar-refractivity contribution in [3.8, 4) is 0 Å². The molecule has 31 heavy (non-hydrogen) atoms. The molecule has 0 spiro atoms. The van der Waals surface area contributed by atoms with Crippen LogP contribution in [0.3, 0.4) is 0 Å². The fourth-order valence-electron chi connectivity index (χ4n) is 3.39. The molecule has 0 bridgehead atoms. The number of hydrogen-bond acceptors (Lipinski definition) is 7. The van der Waals surface area contributed by atoms with Crippen molar-refractivity contribution >= 4 is 32.7 Å². The average molecular weight is 449 g/mol. The van der Waals surface area contributed by atoms with Crippen molar-refractivity contribution in [2.75, 3.05) is 29.6 Å². The summed E-state index contributed by atoms with van der Waals surface area (Å²) in [7, 11) is -3.57. The van der Waals surface area contributed by atoms with Gasteiger partial charge < -0.3 is 10.2 Å². The number of benzene rings is 1. The first kappa shape index (κ1) is 24.6. The molecule has 0 atom stereocenters. The van der Waals surface area contributed by atoms with Crippen molar-refractivity contribution in [3.05, 3.63) is 45.6 Å². The first-order chi connectivity index (χ1) is 14.5. The van der Waals surface area contributed by atoms with E-state index >= 15 is 0 Å². The van der Waals surface area contributed by atoms with E-state index in [0.29, 0.717) is 24.5 Å². The second-order valence-corrected chi connectivity index (χ2v) is 9.96. The van der Waals surface area contributed by atoms with Crippen molar-refractivity contribution in [1.29, 1.82) is 0 Å². The number of aromatic nitrogens is 1. The molecule has 0 fully saturated rings. The Kier molecular flexibility index (Phi) is 8.00. The van der Waals surface area contributed by atoms with Gasteiger partial charge in [0.1, 0.15) is 5.69 Å². The van der Waals surface area contributed by atoms with E-state index in [1.54, 1.807) is 25.1 Å². The lowest BCUT2D eigenvalue weighted by Crippen LogP contribution is -2.25. The van der Waals surface area contributed by atoms with Gasteiger partial charge in [-0.1, -0.05) is 33.3 Å². The largest absolute Gasteiger partial charge is 0.366 e. The Balaban J connectivity index is 2.66. The molecule has 2 rings (SSSR count). The molecule has 1 N–H and O–H groups in total. The summed E-state index contributed by atoms with van der Waals surface area (Å²) >= 11 is 0. The highest BCUT2D eigenvalue weighted by Gasteiger charge is 2.27. The number of pyridine rings is 1. The number of nitro groups is 1. The summed E-state index contributed by atoms with van der Waals surface area (Å²) in [6, 6.07) is 6.80. The van der Waals surface area contributed by atoms with E-state index in [1.165, 1.54) is 0 Å². The number of anilines is 3. The van der Waals surface area contributed by atoms with Crippen LogP contribution in [-0.2, 0) is 9.84 Å². The quantitative estimate of drug-likeness (QED) is 0.393. The molecule has 0 aliphatic carbocycles. The van der Waals surface area contributed by atoms with Gasteiger partial charge >= 0.3 is 5.69 Å². The summed E-state index contributed by atoms with van der Waals surface area (Å²) in [5.74, 6) is 0.182. The molecule has 170 valence electrons. The van der Waals surface area contributed by atoms with Gasteiger partial charge in [-0.2, -0.15) is 0 Å². The zero-order valence-corrected chi connectivity index (χ0v) is 19.9. The fourth-order valence-corrected chi connectivity index (χ4v) is 4.26. The predicted molar refractivity (Wildman–Crippen MR) is 125 cm³/mol. The minimum atomic E-state index is -3.57. The van der Waals surface area contributed by atoms with Crippen LogP contribution in [0.4, 0.5) is 22.9 Å². The molecule has 2 aromatic rings. The number of aryl methyl sites for hydroxylation is 1. The molecule has 1 heterocycles. The van der Waals surface area contributed by atoms with Crippen LogP contribution < -0.4 is 10.2 Å². The summed E-state index contributed by atoms with van der Waals surface area (Å²) in [4.78, 5) is 18.0. The normalized spacial score (nSPS) is 11.6. The summed E-state index contributed by atoms with van der Waals surface area (Å²) < 4.78 is 24.9. The summed E-state index contributed by atoms with van der Waals surface area (Å²) in [6.45, 7) is 11.0. The standard InChI is InChI=1S/C22H32N4O4S/c1-7-9-12-25(8-2)19-13-16(5)23-22(21(19)26(27)28)24-18-11-10-17(15(3)4)14-20(18)31(6,29)30/h10-11,13-15H,7-9,12H2,1-6H3,(H,23,24). The number of nitrogens with zero attached hydrogens (tertiary/aromatic N) is 3. The van der Waals surface area contributed by atoms with Crippen molar-refractivity contribution in [2.45, 2.75) is 58.3 Å². The predicted octanol–water partition coefficient (Wildman–Crippen LogP) is 5.20. The summed E-state index contributed by atoms with van der Waals surface area (Å²) in [5.41, 5.74) is 2.08. The molecule has 1 aromatic carbocycles.